The van der Waals surface area contributed by atoms with E-state index in [2.05, 4.69) is 5.32 Å². The Kier molecular flexibility index (Phi) is 5.63. The molecule has 5 heteroatoms. The fourth-order valence-electron chi connectivity index (χ4n) is 1.98. The first-order valence-electron chi connectivity index (χ1n) is 7.01. The molecule has 2 aromatic rings. The second-order valence-corrected chi connectivity index (χ2v) is 4.67. The Bertz CT molecular complexity index is 693. The van der Waals surface area contributed by atoms with Crippen LogP contribution in [0.1, 0.15) is 5.56 Å². The van der Waals surface area contributed by atoms with Gasteiger partial charge in [0.2, 0.25) is 5.91 Å². The van der Waals surface area contributed by atoms with Gasteiger partial charge in [-0.2, -0.15) is 0 Å². The van der Waals surface area contributed by atoms with Crippen LogP contribution < -0.4 is 19.5 Å². The Morgan fingerprint density at radius 1 is 0.913 bits per heavy atom. The third kappa shape index (κ3) is 4.51. The minimum absolute atomic E-state index is 0.229. The molecule has 120 valence electrons. The number of nitrogens with one attached hydrogen (secondary N) is 1. The lowest BCUT2D eigenvalue weighted by Crippen LogP contribution is -2.07. The van der Waals surface area contributed by atoms with Crippen molar-refractivity contribution in [3.63, 3.8) is 0 Å². The van der Waals surface area contributed by atoms with Crippen molar-refractivity contribution in [1.29, 1.82) is 0 Å². The fourth-order valence-corrected chi connectivity index (χ4v) is 1.98. The summed E-state index contributed by atoms with van der Waals surface area (Å²) in [5.41, 5.74) is 1.54. The monoisotopic (exact) mass is 313 g/mol. The van der Waals surface area contributed by atoms with E-state index in [4.69, 9.17) is 14.2 Å². The molecule has 0 aromatic heterocycles. The first-order chi connectivity index (χ1) is 11.2. The van der Waals surface area contributed by atoms with E-state index in [1.807, 2.05) is 24.3 Å². The summed E-state index contributed by atoms with van der Waals surface area (Å²) in [5.74, 6) is 1.72. The number of hydrogen-bond donors (Lipinski definition) is 1. The minimum Gasteiger partial charge on any atom is -0.497 e. The summed E-state index contributed by atoms with van der Waals surface area (Å²) in [7, 11) is 4.72. The van der Waals surface area contributed by atoms with Gasteiger partial charge < -0.3 is 19.5 Å². The summed E-state index contributed by atoms with van der Waals surface area (Å²) in [4.78, 5) is 12.0. The number of anilines is 1. The maximum Gasteiger partial charge on any atom is 0.248 e. The van der Waals surface area contributed by atoms with Gasteiger partial charge in [-0.15, -0.1) is 0 Å². The molecule has 2 aromatic carbocycles. The van der Waals surface area contributed by atoms with Gasteiger partial charge in [-0.05, 0) is 35.9 Å². The zero-order valence-corrected chi connectivity index (χ0v) is 13.3. The van der Waals surface area contributed by atoms with Gasteiger partial charge in [-0.25, -0.2) is 0 Å². The number of rotatable bonds is 6. The number of ether oxygens (including phenoxy) is 3. The van der Waals surface area contributed by atoms with Crippen LogP contribution >= 0.6 is 0 Å². The minimum atomic E-state index is -0.229. The van der Waals surface area contributed by atoms with Gasteiger partial charge in [0.15, 0.2) is 11.5 Å². The molecule has 0 saturated carbocycles. The number of benzene rings is 2. The van der Waals surface area contributed by atoms with E-state index >= 15 is 0 Å². The third-order valence-electron chi connectivity index (χ3n) is 3.19. The average molecular weight is 313 g/mol. The molecule has 0 aliphatic rings. The molecule has 0 fully saturated rings. The second-order valence-electron chi connectivity index (χ2n) is 4.67. The van der Waals surface area contributed by atoms with Gasteiger partial charge >= 0.3 is 0 Å². The summed E-state index contributed by atoms with van der Waals surface area (Å²) in [6.07, 6.45) is 3.20. The van der Waals surface area contributed by atoms with E-state index in [9.17, 15) is 4.79 Å². The van der Waals surface area contributed by atoms with Crippen LogP contribution in [-0.4, -0.2) is 27.2 Å². The molecule has 5 nitrogen and oxygen atoms in total. The molecule has 0 atom stereocenters. The van der Waals surface area contributed by atoms with Gasteiger partial charge in [0.1, 0.15) is 5.75 Å². The highest BCUT2D eigenvalue weighted by atomic mass is 16.5. The van der Waals surface area contributed by atoms with Crippen LogP contribution in [0.15, 0.2) is 48.5 Å². The molecule has 0 bridgehead atoms. The SMILES string of the molecule is COc1ccc(/C=C/C(=O)Nc2ccc(OC)c(OC)c2)cc1. The summed E-state index contributed by atoms with van der Waals surface area (Å²) in [6.45, 7) is 0. The molecule has 1 amide bonds. The lowest BCUT2D eigenvalue weighted by atomic mass is 10.2. The van der Waals surface area contributed by atoms with Gasteiger partial charge in [-0.1, -0.05) is 12.1 Å². The number of carbonyl (C=O) groups is 1. The maximum atomic E-state index is 12.0. The zero-order valence-electron chi connectivity index (χ0n) is 13.3. The molecule has 0 radical (unpaired) electrons. The summed E-state index contributed by atoms with van der Waals surface area (Å²) in [5, 5.41) is 2.77. The van der Waals surface area contributed by atoms with Crippen molar-refractivity contribution in [2.75, 3.05) is 26.6 Å². The fraction of sp³-hybridized carbons (Fsp3) is 0.167. The summed E-state index contributed by atoms with van der Waals surface area (Å²) < 4.78 is 15.5. The average Bonchev–Trinajstić information content (AvgIpc) is 2.60. The van der Waals surface area contributed by atoms with E-state index in [0.717, 1.165) is 11.3 Å². The van der Waals surface area contributed by atoms with E-state index in [-0.39, 0.29) is 5.91 Å². The quantitative estimate of drug-likeness (QED) is 0.831. The second kappa shape index (κ2) is 7.89. The van der Waals surface area contributed by atoms with Crippen LogP contribution in [0.25, 0.3) is 6.08 Å². The number of carbonyl (C=O) groups excluding carboxylic acids is 1. The van der Waals surface area contributed by atoms with Crippen molar-refractivity contribution in [3.05, 3.63) is 54.1 Å². The van der Waals surface area contributed by atoms with E-state index in [0.29, 0.717) is 17.2 Å². The number of methoxy groups -OCH3 is 3. The van der Waals surface area contributed by atoms with Crippen LogP contribution in [0.3, 0.4) is 0 Å². The predicted octanol–water partition coefficient (Wildman–Crippen LogP) is 3.36. The Morgan fingerprint density at radius 3 is 2.22 bits per heavy atom. The lowest BCUT2D eigenvalue weighted by molar-refractivity contribution is -0.111. The zero-order chi connectivity index (χ0) is 16.7. The van der Waals surface area contributed by atoms with E-state index in [1.165, 1.54) is 6.08 Å². The van der Waals surface area contributed by atoms with E-state index < -0.39 is 0 Å². The first kappa shape index (κ1) is 16.4. The van der Waals surface area contributed by atoms with Gasteiger partial charge in [-0.3, -0.25) is 4.79 Å². The van der Waals surface area contributed by atoms with Gasteiger partial charge in [0.05, 0.1) is 21.3 Å². The van der Waals surface area contributed by atoms with Crippen LogP contribution in [0.2, 0.25) is 0 Å². The van der Waals surface area contributed by atoms with E-state index in [1.54, 1.807) is 45.6 Å². The molecule has 2 rings (SSSR count). The van der Waals surface area contributed by atoms with Crippen molar-refractivity contribution in [3.8, 4) is 17.2 Å². The highest BCUT2D eigenvalue weighted by molar-refractivity contribution is 6.02. The Balaban J connectivity index is 2.02. The largest absolute Gasteiger partial charge is 0.497 e. The Morgan fingerprint density at radius 2 is 1.61 bits per heavy atom. The molecular formula is C18H19NO4. The van der Waals surface area contributed by atoms with Crippen molar-refractivity contribution in [2.45, 2.75) is 0 Å². The Hall–Kier alpha value is -2.95. The Labute approximate surface area is 135 Å². The number of hydrogen-bond acceptors (Lipinski definition) is 4. The molecule has 0 aliphatic carbocycles. The standard InChI is InChI=1S/C18H19NO4/c1-21-15-8-4-13(5-9-15)6-11-18(20)19-14-7-10-16(22-2)17(12-14)23-3/h4-12H,1-3H3,(H,19,20)/b11-6+. The van der Waals surface area contributed by atoms with Crippen molar-refractivity contribution < 1.29 is 19.0 Å². The molecular weight excluding hydrogens is 294 g/mol. The molecule has 0 unspecified atom stereocenters. The van der Waals surface area contributed by atoms with Crippen LogP contribution in [0.5, 0.6) is 17.2 Å². The molecule has 0 aliphatic heterocycles. The lowest BCUT2D eigenvalue weighted by Gasteiger charge is -2.09. The molecule has 1 N–H and O–H groups in total. The topological polar surface area (TPSA) is 56.8 Å². The molecule has 0 spiro atoms. The molecule has 0 saturated heterocycles. The maximum absolute atomic E-state index is 12.0. The van der Waals surface area contributed by atoms with Crippen LogP contribution in [0.4, 0.5) is 5.69 Å². The summed E-state index contributed by atoms with van der Waals surface area (Å²) in [6, 6.07) is 12.6. The predicted molar refractivity (Wildman–Crippen MR) is 90.2 cm³/mol. The van der Waals surface area contributed by atoms with Crippen LogP contribution in [-0.2, 0) is 4.79 Å². The smallest absolute Gasteiger partial charge is 0.248 e. The highest BCUT2D eigenvalue weighted by Crippen LogP contribution is 2.29. The summed E-state index contributed by atoms with van der Waals surface area (Å²) >= 11 is 0. The van der Waals surface area contributed by atoms with Gasteiger partial charge in [0, 0.05) is 17.8 Å². The van der Waals surface area contributed by atoms with Crippen LogP contribution in [0, 0.1) is 0 Å². The highest BCUT2D eigenvalue weighted by Gasteiger charge is 2.05. The van der Waals surface area contributed by atoms with Crippen molar-refractivity contribution in [1.82, 2.24) is 0 Å². The first-order valence-corrected chi connectivity index (χ1v) is 7.01. The molecule has 23 heavy (non-hydrogen) atoms. The molecule has 0 heterocycles. The van der Waals surface area contributed by atoms with Gasteiger partial charge in [0.25, 0.3) is 0 Å². The van der Waals surface area contributed by atoms with Crippen molar-refractivity contribution >= 4 is 17.7 Å². The van der Waals surface area contributed by atoms with Crippen molar-refractivity contribution in [2.24, 2.45) is 0 Å². The third-order valence-corrected chi connectivity index (χ3v) is 3.19. The normalized spacial score (nSPS) is 10.4. The number of amides is 1.